The van der Waals surface area contributed by atoms with Crippen LogP contribution in [0.2, 0.25) is 0 Å². The minimum atomic E-state index is -3.59. The van der Waals surface area contributed by atoms with Crippen LogP contribution in [0.25, 0.3) is 0 Å². The van der Waals surface area contributed by atoms with Crippen molar-refractivity contribution in [1.29, 1.82) is 0 Å². The predicted molar refractivity (Wildman–Crippen MR) is 79.7 cm³/mol. The van der Waals surface area contributed by atoms with E-state index in [4.69, 9.17) is 4.42 Å². The van der Waals surface area contributed by atoms with Crippen molar-refractivity contribution in [3.8, 4) is 0 Å². The van der Waals surface area contributed by atoms with Crippen molar-refractivity contribution in [2.45, 2.75) is 32.8 Å². The van der Waals surface area contributed by atoms with Crippen molar-refractivity contribution < 1.29 is 17.9 Å². The van der Waals surface area contributed by atoms with Crippen LogP contribution in [-0.2, 0) is 15.8 Å². The molecule has 2 N–H and O–H groups in total. The molecule has 120 valence electrons. The number of rotatable bonds is 5. The summed E-state index contributed by atoms with van der Waals surface area (Å²) in [5, 5.41) is 10.3. The first-order chi connectivity index (χ1) is 9.71. The van der Waals surface area contributed by atoms with E-state index in [1.165, 1.54) is 17.5 Å². The zero-order valence-electron chi connectivity index (χ0n) is 12.7. The summed E-state index contributed by atoms with van der Waals surface area (Å²) in [6, 6.07) is 3.28. The second-order valence-electron chi connectivity index (χ2n) is 6.34. The molecule has 1 aromatic heterocycles. The maximum atomic E-state index is 12.4. The van der Waals surface area contributed by atoms with E-state index in [1.54, 1.807) is 12.1 Å². The molecule has 1 aliphatic rings. The van der Waals surface area contributed by atoms with Crippen LogP contribution in [0.3, 0.4) is 0 Å². The van der Waals surface area contributed by atoms with E-state index in [-0.39, 0.29) is 6.54 Å². The van der Waals surface area contributed by atoms with Gasteiger partial charge in [0.1, 0.15) is 11.4 Å². The Kier molecular flexibility index (Phi) is 4.77. The van der Waals surface area contributed by atoms with E-state index < -0.39 is 15.8 Å². The first-order valence-electron chi connectivity index (χ1n) is 7.22. The van der Waals surface area contributed by atoms with Gasteiger partial charge >= 0.3 is 0 Å². The largest absolute Gasteiger partial charge is 0.466 e. The number of hydrogen-bond donors (Lipinski definition) is 2. The summed E-state index contributed by atoms with van der Waals surface area (Å²) < 4.78 is 33.8. The third kappa shape index (κ3) is 4.06. The van der Waals surface area contributed by atoms with Gasteiger partial charge in [-0.25, -0.2) is 0 Å². The molecule has 3 atom stereocenters. The summed E-state index contributed by atoms with van der Waals surface area (Å²) in [6.07, 6.45) is 2.49. The average Bonchev–Trinajstić information content (AvgIpc) is 2.90. The lowest BCUT2D eigenvalue weighted by molar-refractivity contribution is 0.0390. The standard InChI is InChI=1S/C14H24N2O4S/c1-11-7-12(2)9-16(8-11)21(18,19)15-10-14(3,17)13-5-4-6-20-13/h4-6,11-12,15,17H,7-10H2,1-3H3/t11-,12-,14-/m1/s1. The van der Waals surface area contributed by atoms with Gasteiger partial charge in [0.25, 0.3) is 10.2 Å². The van der Waals surface area contributed by atoms with E-state index in [9.17, 15) is 13.5 Å². The zero-order chi connectivity index (χ0) is 15.7. The Labute approximate surface area is 126 Å². The molecule has 6 nitrogen and oxygen atoms in total. The SMILES string of the molecule is C[C@@H]1C[C@@H](C)CN(S(=O)(=O)NC[C@@](C)(O)c2ccco2)C1. The van der Waals surface area contributed by atoms with Gasteiger partial charge in [-0.15, -0.1) is 0 Å². The average molecular weight is 316 g/mol. The number of furan rings is 1. The lowest BCUT2D eigenvalue weighted by Crippen LogP contribution is -2.50. The molecule has 2 heterocycles. The third-order valence-corrected chi connectivity index (χ3v) is 5.31. The molecule has 1 fully saturated rings. The summed E-state index contributed by atoms with van der Waals surface area (Å²) >= 11 is 0. The first kappa shape index (κ1) is 16.5. The quantitative estimate of drug-likeness (QED) is 0.858. The Balaban J connectivity index is 2.01. The highest BCUT2D eigenvalue weighted by Crippen LogP contribution is 2.24. The van der Waals surface area contributed by atoms with Crippen LogP contribution in [0.4, 0.5) is 0 Å². The van der Waals surface area contributed by atoms with Gasteiger partial charge in [-0.1, -0.05) is 13.8 Å². The molecule has 21 heavy (non-hydrogen) atoms. The Bertz CT molecular complexity index is 544. The van der Waals surface area contributed by atoms with E-state index in [2.05, 4.69) is 18.6 Å². The fraction of sp³-hybridized carbons (Fsp3) is 0.714. The fourth-order valence-electron chi connectivity index (χ4n) is 2.80. The van der Waals surface area contributed by atoms with Crippen LogP contribution in [0.15, 0.2) is 22.8 Å². The summed E-state index contributed by atoms with van der Waals surface area (Å²) in [7, 11) is -3.59. The molecule has 0 aliphatic carbocycles. The highest BCUT2D eigenvalue weighted by atomic mass is 32.2. The summed E-state index contributed by atoms with van der Waals surface area (Å²) in [4.78, 5) is 0. The molecule has 2 rings (SSSR count). The minimum absolute atomic E-state index is 0.123. The minimum Gasteiger partial charge on any atom is -0.466 e. The molecule has 1 aliphatic heterocycles. The molecule has 0 saturated carbocycles. The molecular weight excluding hydrogens is 292 g/mol. The molecule has 0 spiro atoms. The highest BCUT2D eigenvalue weighted by Gasteiger charge is 2.33. The smallest absolute Gasteiger partial charge is 0.279 e. The van der Waals surface area contributed by atoms with Crippen molar-refractivity contribution in [3.63, 3.8) is 0 Å². The second kappa shape index (κ2) is 6.08. The monoisotopic (exact) mass is 316 g/mol. The van der Waals surface area contributed by atoms with Crippen LogP contribution in [0.5, 0.6) is 0 Å². The lowest BCUT2D eigenvalue weighted by atomic mass is 9.94. The first-order valence-corrected chi connectivity index (χ1v) is 8.66. The molecule has 1 aromatic rings. The van der Waals surface area contributed by atoms with Gasteiger partial charge in [0.05, 0.1) is 6.26 Å². The summed E-state index contributed by atoms with van der Waals surface area (Å²) in [5.41, 5.74) is -1.37. The van der Waals surface area contributed by atoms with Crippen LogP contribution >= 0.6 is 0 Å². The predicted octanol–water partition coefficient (Wildman–Crippen LogP) is 1.30. The van der Waals surface area contributed by atoms with Crippen molar-refractivity contribution in [3.05, 3.63) is 24.2 Å². The van der Waals surface area contributed by atoms with Crippen LogP contribution in [0.1, 0.15) is 33.0 Å². The van der Waals surface area contributed by atoms with Gasteiger partial charge in [-0.2, -0.15) is 17.4 Å². The summed E-state index contributed by atoms with van der Waals surface area (Å²) in [6.45, 7) is 6.54. The number of hydrogen-bond acceptors (Lipinski definition) is 4. The molecule has 0 radical (unpaired) electrons. The zero-order valence-corrected chi connectivity index (χ0v) is 13.6. The molecule has 0 bridgehead atoms. The maximum absolute atomic E-state index is 12.4. The van der Waals surface area contributed by atoms with E-state index >= 15 is 0 Å². The van der Waals surface area contributed by atoms with Crippen LogP contribution in [-0.4, -0.2) is 37.5 Å². The second-order valence-corrected chi connectivity index (χ2v) is 8.10. The fourth-order valence-corrected chi connectivity index (χ4v) is 4.34. The number of nitrogens with one attached hydrogen (secondary N) is 1. The van der Waals surface area contributed by atoms with Crippen LogP contribution < -0.4 is 4.72 Å². The van der Waals surface area contributed by atoms with Crippen molar-refractivity contribution >= 4 is 10.2 Å². The highest BCUT2D eigenvalue weighted by molar-refractivity contribution is 7.87. The Morgan fingerprint density at radius 1 is 1.43 bits per heavy atom. The van der Waals surface area contributed by atoms with Gasteiger partial charge in [0.15, 0.2) is 0 Å². The Hall–Kier alpha value is -0.890. The van der Waals surface area contributed by atoms with Crippen molar-refractivity contribution in [2.75, 3.05) is 19.6 Å². The van der Waals surface area contributed by atoms with Crippen molar-refractivity contribution in [1.82, 2.24) is 9.03 Å². The van der Waals surface area contributed by atoms with E-state index in [0.29, 0.717) is 30.7 Å². The van der Waals surface area contributed by atoms with Gasteiger partial charge in [-0.05, 0) is 37.3 Å². The Morgan fingerprint density at radius 3 is 2.57 bits per heavy atom. The number of aliphatic hydroxyl groups is 1. The molecule has 1 saturated heterocycles. The Morgan fingerprint density at radius 2 is 2.05 bits per heavy atom. The molecule has 0 unspecified atom stereocenters. The van der Waals surface area contributed by atoms with E-state index in [1.807, 2.05) is 0 Å². The molecule has 7 heteroatoms. The number of nitrogens with zero attached hydrogens (tertiary/aromatic N) is 1. The van der Waals surface area contributed by atoms with Gasteiger partial charge < -0.3 is 9.52 Å². The molecule has 0 aromatic carbocycles. The topological polar surface area (TPSA) is 82.8 Å². The number of piperidine rings is 1. The van der Waals surface area contributed by atoms with Crippen molar-refractivity contribution in [2.24, 2.45) is 11.8 Å². The lowest BCUT2D eigenvalue weighted by Gasteiger charge is -2.34. The molecule has 0 amide bonds. The maximum Gasteiger partial charge on any atom is 0.279 e. The normalized spacial score (nSPS) is 27.4. The van der Waals surface area contributed by atoms with E-state index in [0.717, 1.165) is 6.42 Å². The third-order valence-electron chi connectivity index (χ3n) is 3.83. The van der Waals surface area contributed by atoms with Gasteiger partial charge in [-0.3, -0.25) is 0 Å². The van der Waals surface area contributed by atoms with Crippen LogP contribution in [0, 0.1) is 11.8 Å². The van der Waals surface area contributed by atoms with Gasteiger partial charge in [0.2, 0.25) is 0 Å². The summed E-state index contributed by atoms with van der Waals surface area (Å²) in [5.74, 6) is 1.03. The molecular formula is C14H24N2O4S. The van der Waals surface area contributed by atoms with Gasteiger partial charge in [0, 0.05) is 19.6 Å².